The lowest BCUT2D eigenvalue weighted by Crippen LogP contribution is -2.38. The predicted molar refractivity (Wildman–Crippen MR) is 75.5 cm³/mol. The van der Waals surface area contributed by atoms with E-state index in [0.29, 0.717) is 12.2 Å². The summed E-state index contributed by atoms with van der Waals surface area (Å²) in [7, 11) is 0. The Bertz CT molecular complexity index is 455. The van der Waals surface area contributed by atoms with Crippen LogP contribution >= 0.6 is 23.2 Å². The third-order valence-corrected chi connectivity index (χ3v) is 4.02. The Labute approximate surface area is 122 Å². The van der Waals surface area contributed by atoms with E-state index in [0.717, 1.165) is 25.8 Å². The van der Waals surface area contributed by atoms with Crippen LogP contribution in [0, 0.1) is 5.41 Å². The van der Waals surface area contributed by atoms with Gasteiger partial charge in [0.1, 0.15) is 12.0 Å². The molecule has 19 heavy (non-hydrogen) atoms. The highest BCUT2D eigenvalue weighted by atomic mass is 35.5. The Hall–Kier alpha value is -0.910. The van der Waals surface area contributed by atoms with E-state index in [4.69, 9.17) is 23.2 Å². The molecule has 1 aliphatic rings. The number of amides is 1. The minimum absolute atomic E-state index is 0.0713. The molecule has 104 valence electrons. The second-order valence-electron chi connectivity index (χ2n) is 4.74. The highest BCUT2D eigenvalue weighted by Crippen LogP contribution is 2.34. The minimum Gasteiger partial charge on any atom is -0.320 e. The molecule has 2 N–H and O–H groups in total. The molecule has 1 amide bonds. The van der Waals surface area contributed by atoms with Crippen molar-refractivity contribution in [3.63, 3.8) is 0 Å². The summed E-state index contributed by atoms with van der Waals surface area (Å²) < 4.78 is 0. The van der Waals surface area contributed by atoms with E-state index in [9.17, 15) is 4.79 Å². The van der Waals surface area contributed by atoms with Gasteiger partial charge in [-0.15, -0.1) is 0 Å². The zero-order valence-corrected chi connectivity index (χ0v) is 12.2. The zero-order valence-electron chi connectivity index (χ0n) is 10.7. The second-order valence-corrected chi connectivity index (χ2v) is 5.46. The van der Waals surface area contributed by atoms with Gasteiger partial charge in [-0.25, -0.2) is 9.97 Å². The molecule has 0 saturated carbocycles. The summed E-state index contributed by atoms with van der Waals surface area (Å²) in [6.07, 6.45) is 3.85. The normalized spacial score (nSPS) is 22.5. The quantitative estimate of drug-likeness (QED) is 0.839. The molecular weight excluding hydrogens is 287 g/mol. The summed E-state index contributed by atoms with van der Waals surface area (Å²) in [5, 5.41) is 6.33. The van der Waals surface area contributed by atoms with Gasteiger partial charge in [0.25, 0.3) is 0 Å². The first-order chi connectivity index (χ1) is 9.09. The highest BCUT2D eigenvalue weighted by Gasteiger charge is 2.40. The number of nitrogens with zero attached hydrogens (tertiary/aromatic N) is 2. The van der Waals surface area contributed by atoms with Crippen molar-refractivity contribution in [2.24, 2.45) is 5.41 Å². The van der Waals surface area contributed by atoms with Crippen LogP contribution in [0.3, 0.4) is 0 Å². The Morgan fingerprint density at radius 3 is 2.68 bits per heavy atom. The van der Waals surface area contributed by atoms with Crippen LogP contribution in [0.1, 0.15) is 26.2 Å². The molecule has 0 spiro atoms. The van der Waals surface area contributed by atoms with Gasteiger partial charge in [0, 0.05) is 6.54 Å². The van der Waals surface area contributed by atoms with E-state index in [1.807, 2.05) is 0 Å². The first-order valence-corrected chi connectivity index (χ1v) is 7.03. The van der Waals surface area contributed by atoms with E-state index >= 15 is 0 Å². The first-order valence-electron chi connectivity index (χ1n) is 6.27. The van der Waals surface area contributed by atoms with Gasteiger partial charge in [-0.2, -0.15) is 0 Å². The van der Waals surface area contributed by atoms with Crippen LogP contribution in [0.2, 0.25) is 10.3 Å². The monoisotopic (exact) mass is 302 g/mol. The standard InChI is InChI=1S/C12H16Cl2N4O/c1-2-3-12(4-5-15-6-12)11(19)18-8-9(13)16-7-17-10(8)14/h7,15H,2-6H2,1H3,(H,18,19). The van der Waals surface area contributed by atoms with Crippen molar-refractivity contribution in [2.75, 3.05) is 18.4 Å². The number of hydrogen-bond donors (Lipinski definition) is 2. The SMILES string of the molecule is CCCC1(C(=O)Nc2c(Cl)ncnc2Cl)CCNC1. The minimum atomic E-state index is -0.392. The number of halogens is 2. The van der Waals surface area contributed by atoms with Crippen molar-refractivity contribution in [1.82, 2.24) is 15.3 Å². The molecule has 0 aromatic carbocycles. The molecule has 2 rings (SSSR count). The van der Waals surface area contributed by atoms with Crippen LogP contribution in [0.5, 0.6) is 0 Å². The van der Waals surface area contributed by atoms with Crippen LogP contribution < -0.4 is 10.6 Å². The van der Waals surface area contributed by atoms with Crippen molar-refractivity contribution < 1.29 is 4.79 Å². The third-order valence-electron chi connectivity index (χ3n) is 3.45. The van der Waals surface area contributed by atoms with Crippen LogP contribution in [0.25, 0.3) is 0 Å². The fraction of sp³-hybridized carbons (Fsp3) is 0.583. The average Bonchev–Trinajstić information content (AvgIpc) is 2.84. The number of carbonyl (C=O) groups is 1. The molecule has 0 bridgehead atoms. The summed E-state index contributed by atoms with van der Waals surface area (Å²) in [5.74, 6) is -0.0713. The smallest absolute Gasteiger partial charge is 0.232 e. The molecule has 7 heteroatoms. The van der Waals surface area contributed by atoms with Crippen LogP contribution in [-0.2, 0) is 4.79 Å². The molecule has 0 radical (unpaired) electrons. The Balaban J connectivity index is 2.20. The molecule has 1 aliphatic heterocycles. The van der Waals surface area contributed by atoms with Gasteiger partial charge in [0.2, 0.25) is 5.91 Å². The summed E-state index contributed by atoms with van der Waals surface area (Å²) in [4.78, 5) is 20.2. The number of nitrogens with one attached hydrogen (secondary N) is 2. The lowest BCUT2D eigenvalue weighted by Gasteiger charge is -2.26. The van der Waals surface area contributed by atoms with Gasteiger partial charge in [-0.05, 0) is 19.4 Å². The first kappa shape index (κ1) is 14.5. The fourth-order valence-corrected chi connectivity index (χ4v) is 2.85. The summed E-state index contributed by atoms with van der Waals surface area (Å²) in [5.41, 5.74) is -0.102. The largest absolute Gasteiger partial charge is 0.320 e. The van der Waals surface area contributed by atoms with E-state index < -0.39 is 5.41 Å². The number of hydrogen-bond acceptors (Lipinski definition) is 4. The highest BCUT2D eigenvalue weighted by molar-refractivity contribution is 6.38. The molecule has 1 fully saturated rings. The molecule has 1 saturated heterocycles. The van der Waals surface area contributed by atoms with Crippen molar-refractivity contribution in [2.45, 2.75) is 26.2 Å². The average molecular weight is 303 g/mol. The maximum Gasteiger partial charge on any atom is 0.232 e. The molecule has 1 atom stereocenters. The third kappa shape index (κ3) is 2.99. The zero-order chi connectivity index (χ0) is 13.9. The fourth-order valence-electron chi connectivity index (χ4n) is 2.44. The van der Waals surface area contributed by atoms with Crippen molar-refractivity contribution in [1.29, 1.82) is 0 Å². The maximum atomic E-state index is 12.5. The lowest BCUT2D eigenvalue weighted by atomic mass is 9.81. The van der Waals surface area contributed by atoms with Gasteiger partial charge >= 0.3 is 0 Å². The molecule has 0 aliphatic carbocycles. The van der Waals surface area contributed by atoms with Crippen molar-refractivity contribution in [3.8, 4) is 0 Å². The maximum absolute atomic E-state index is 12.5. The van der Waals surface area contributed by atoms with Gasteiger partial charge in [0.05, 0.1) is 5.41 Å². The second kappa shape index (κ2) is 6.03. The number of aromatic nitrogens is 2. The summed E-state index contributed by atoms with van der Waals surface area (Å²) >= 11 is 11.9. The van der Waals surface area contributed by atoms with E-state index in [1.165, 1.54) is 6.33 Å². The van der Waals surface area contributed by atoms with Crippen LogP contribution in [0.4, 0.5) is 5.69 Å². The number of carbonyl (C=O) groups excluding carboxylic acids is 1. The topological polar surface area (TPSA) is 66.9 Å². The Morgan fingerprint density at radius 1 is 1.47 bits per heavy atom. The van der Waals surface area contributed by atoms with E-state index in [2.05, 4.69) is 27.5 Å². The Morgan fingerprint density at radius 2 is 2.16 bits per heavy atom. The molecule has 2 heterocycles. The Kier molecular flexibility index (Phi) is 4.60. The predicted octanol–water partition coefficient (Wildman–Crippen LogP) is 2.50. The molecule has 1 aromatic rings. The van der Waals surface area contributed by atoms with Gasteiger partial charge in [0.15, 0.2) is 10.3 Å². The molecule has 1 aromatic heterocycles. The molecule has 1 unspecified atom stereocenters. The lowest BCUT2D eigenvalue weighted by molar-refractivity contribution is -0.125. The molecular formula is C12H16Cl2N4O. The van der Waals surface area contributed by atoms with Gasteiger partial charge < -0.3 is 10.6 Å². The van der Waals surface area contributed by atoms with Crippen molar-refractivity contribution in [3.05, 3.63) is 16.6 Å². The summed E-state index contributed by atoms with van der Waals surface area (Å²) in [6.45, 7) is 3.59. The van der Waals surface area contributed by atoms with Gasteiger partial charge in [-0.1, -0.05) is 36.5 Å². The van der Waals surface area contributed by atoms with E-state index in [1.54, 1.807) is 0 Å². The van der Waals surface area contributed by atoms with E-state index in [-0.39, 0.29) is 16.2 Å². The van der Waals surface area contributed by atoms with Gasteiger partial charge in [-0.3, -0.25) is 4.79 Å². The number of rotatable bonds is 4. The molecule has 5 nitrogen and oxygen atoms in total. The van der Waals surface area contributed by atoms with Crippen LogP contribution in [0.15, 0.2) is 6.33 Å². The summed E-state index contributed by atoms with van der Waals surface area (Å²) in [6, 6.07) is 0. The van der Waals surface area contributed by atoms with Crippen LogP contribution in [-0.4, -0.2) is 29.0 Å². The number of anilines is 1. The van der Waals surface area contributed by atoms with Crippen molar-refractivity contribution >= 4 is 34.8 Å².